The lowest BCUT2D eigenvalue weighted by Gasteiger charge is -2.36. The number of carbonyl (C=O) groups is 1. The van der Waals surface area contributed by atoms with Crippen LogP contribution in [0, 0.1) is 5.92 Å². The van der Waals surface area contributed by atoms with Gasteiger partial charge in [0.15, 0.2) is 0 Å². The zero-order valence-electron chi connectivity index (χ0n) is 12.1. The van der Waals surface area contributed by atoms with Gasteiger partial charge in [-0.2, -0.15) is 0 Å². The SMILES string of the molecule is CCC1CCCC(N2CCc3ccc(C(=O)O)cc32)C1. The molecule has 1 aromatic carbocycles. The molecule has 1 fully saturated rings. The van der Waals surface area contributed by atoms with Gasteiger partial charge in [0, 0.05) is 18.3 Å². The molecule has 3 rings (SSSR count). The van der Waals surface area contributed by atoms with Crippen LogP contribution in [-0.2, 0) is 6.42 Å². The van der Waals surface area contributed by atoms with E-state index in [1.54, 1.807) is 6.07 Å². The number of hydrogen-bond acceptors (Lipinski definition) is 2. The van der Waals surface area contributed by atoms with Crippen LogP contribution in [0.4, 0.5) is 5.69 Å². The zero-order chi connectivity index (χ0) is 14.1. The largest absolute Gasteiger partial charge is 0.478 e. The zero-order valence-corrected chi connectivity index (χ0v) is 12.1. The summed E-state index contributed by atoms with van der Waals surface area (Å²) < 4.78 is 0. The first kappa shape index (κ1) is 13.5. The van der Waals surface area contributed by atoms with E-state index in [0.29, 0.717) is 11.6 Å². The third-order valence-electron chi connectivity index (χ3n) is 5.04. The number of fused-ring (bicyclic) bond motifs is 1. The highest BCUT2D eigenvalue weighted by Crippen LogP contribution is 2.37. The maximum atomic E-state index is 11.2. The first-order chi connectivity index (χ1) is 9.69. The van der Waals surface area contributed by atoms with Gasteiger partial charge < -0.3 is 10.0 Å². The van der Waals surface area contributed by atoms with Gasteiger partial charge in [-0.1, -0.05) is 32.3 Å². The van der Waals surface area contributed by atoms with E-state index in [4.69, 9.17) is 0 Å². The van der Waals surface area contributed by atoms with Crippen molar-refractivity contribution >= 4 is 11.7 Å². The minimum atomic E-state index is -0.824. The molecule has 3 nitrogen and oxygen atoms in total. The number of aromatic carboxylic acids is 1. The van der Waals surface area contributed by atoms with Gasteiger partial charge in [0.2, 0.25) is 0 Å². The van der Waals surface area contributed by atoms with E-state index in [-0.39, 0.29) is 0 Å². The van der Waals surface area contributed by atoms with Gasteiger partial charge in [-0.25, -0.2) is 4.79 Å². The Kier molecular flexibility index (Phi) is 3.68. The molecule has 1 heterocycles. The van der Waals surface area contributed by atoms with Crippen LogP contribution in [0.25, 0.3) is 0 Å². The molecular formula is C17H23NO2. The van der Waals surface area contributed by atoms with Crippen molar-refractivity contribution in [2.24, 2.45) is 5.92 Å². The molecule has 0 aromatic heterocycles. The van der Waals surface area contributed by atoms with E-state index in [1.807, 2.05) is 12.1 Å². The molecular weight excluding hydrogens is 250 g/mol. The lowest BCUT2D eigenvalue weighted by molar-refractivity contribution is 0.0697. The Morgan fingerprint density at radius 3 is 3.00 bits per heavy atom. The Bertz CT molecular complexity index is 512. The summed E-state index contributed by atoms with van der Waals surface area (Å²) in [5, 5.41) is 9.17. The number of nitrogens with zero attached hydrogens (tertiary/aromatic N) is 1. The van der Waals surface area contributed by atoms with Gasteiger partial charge >= 0.3 is 5.97 Å². The molecule has 0 spiro atoms. The molecule has 1 N–H and O–H groups in total. The number of carboxylic acid groups (broad SMARTS) is 1. The fraction of sp³-hybridized carbons (Fsp3) is 0.588. The predicted molar refractivity (Wildman–Crippen MR) is 80.5 cm³/mol. The van der Waals surface area contributed by atoms with E-state index >= 15 is 0 Å². The van der Waals surface area contributed by atoms with Crippen LogP contribution in [0.2, 0.25) is 0 Å². The quantitative estimate of drug-likeness (QED) is 0.912. The molecule has 20 heavy (non-hydrogen) atoms. The van der Waals surface area contributed by atoms with Crippen LogP contribution in [0.5, 0.6) is 0 Å². The van der Waals surface area contributed by atoms with E-state index in [2.05, 4.69) is 11.8 Å². The molecule has 2 aliphatic rings. The van der Waals surface area contributed by atoms with E-state index in [0.717, 1.165) is 18.9 Å². The molecule has 2 atom stereocenters. The Morgan fingerprint density at radius 1 is 1.40 bits per heavy atom. The molecule has 0 bridgehead atoms. The fourth-order valence-electron chi connectivity index (χ4n) is 3.83. The second-order valence-corrected chi connectivity index (χ2v) is 6.19. The average Bonchev–Trinajstić information content (AvgIpc) is 2.90. The third kappa shape index (κ3) is 2.41. The number of anilines is 1. The summed E-state index contributed by atoms with van der Waals surface area (Å²) in [7, 11) is 0. The normalized spacial score (nSPS) is 25.6. The lowest BCUT2D eigenvalue weighted by atomic mass is 9.83. The molecule has 1 saturated carbocycles. The third-order valence-corrected chi connectivity index (χ3v) is 5.04. The van der Waals surface area contributed by atoms with Crippen LogP contribution < -0.4 is 4.90 Å². The van der Waals surface area contributed by atoms with E-state index < -0.39 is 5.97 Å². The van der Waals surface area contributed by atoms with E-state index in [9.17, 15) is 9.90 Å². The van der Waals surface area contributed by atoms with Crippen LogP contribution in [0.15, 0.2) is 18.2 Å². The average molecular weight is 273 g/mol. The Morgan fingerprint density at radius 2 is 2.25 bits per heavy atom. The van der Waals surface area contributed by atoms with Gasteiger partial charge in [0.05, 0.1) is 5.56 Å². The number of hydrogen-bond donors (Lipinski definition) is 1. The second kappa shape index (κ2) is 5.47. The smallest absolute Gasteiger partial charge is 0.335 e. The first-order valence-electron chi connectivity index (χ1n) is 7.82. The highest BCUT2D eigenvalue weighted by atomic mass is 16.4. The molecule has 3 heteroatoms. The van der Waals surface area contributed by atoms with Crippen molar-refractivity contribution in [2.45, 2.75) is 51.5 Å². The molecule has 1 aliphatic heterocycles. The van der Waals surface area contributed by atoms with Gasteiger partial charge in [-0.3, -0.25) is 0 Å². The maximum Gasteiger partial charge on any atom is 0.335 e. The fourth-order valence-corrected chi connectivity index (χ4v) is 3.83. The molecule has 108 valence electrons. The van der Waals surface area contributed by atoms with Gasteiger partial charge in [-0.15, -0.1) is 0 Å². The Balaban J connectivity index is 1.84. The highest BCUT2D eigenvalue weighted by molar-refractivity contribution is 5.89. The molecule has 0 amide bonds. The topological polar surface area (TPSA) is 40.5 Å². The van der Waals surface area contributed by atoms with Crippen molar-refractivity contribution in [3.8, 4) is 0 Å². The maximum absolute atomic E-state index is 11.2. The Labute approximate surface area is 120 Å². The summed E-state index contributed by atoms with van der Waals surface area (Å²) in [4.78, 5) is 13.6. The number of rotatable bonds is 3. The van der Waals surface area contributed by atoms with Crippen LogP contribution in [-0.4, -0.2) is 23.7 Å². The monoisotopic (exact) mass is 273 g/mol. The summed E-state index contributed by atoms with van der Waals surface area (Å²) >= 11 is 0. The van der Waals surface area contributed by atoms with Crippen LogP contribution >= 0.6 is 0 Å². The van der Waals surface area contributed by atoms with Crippen molar-refractivity contribution in [3.05, 3.63) is 29.3 Å². The predicted octanol–water partition coefficient (Wildman–Crippen LogP) is 3.72. The molecule has 2 unspecified atom stereocenters. The molecule has 1 aromatic rings. The first-order valence-corrected chi connectivity index (χ1v) is 7.82. The second-order valence-electron chi connectivity index (χ2n) is 6.19. The summed E-state index contributed by atoms with van der Waals surface area (Å²) in [6.07, 6.45) is 7.53. The summed E-state index contributed by atoms with van der Waals surface area (Å²) in [5.74, 6) is 0.0233. The molecule has 0 radical (unpaired) electrons. The summed E-state index contributed by atoms with van der Waals surface area (Å²) in [6, 6.07) is 6.22. The van der Waals surface area contributed by atoms with Gasteiger partial charge in [-0.05, 0) is 42.9 Å². The number of carboxylic acids is 1. The molecule has 1 aliphatic carbocycles. The van der Waals surface area contributed by atoms with Crippen molar-refractivity contribution < 1.29 is 9.90 Å². The van der Waals surface area contributed by atoms with Crippen LogP contribution in [0.3, 0.4) is 0 Å². The standard InChI is InChI=1S/C17H23NO2/c1-2-12-4-3-5-15(10-12)18-9-8-13-6-7-14(17(19)20)11-16(13)18/h6-7,11-12,15H,2-5,8-10H2,1H3,(H,19,20). The molecule has 0 saturated heterocycles. The van der Waals surface area contributed by atoms with Crippen molar-refractivity contribution in [1.82, 2.24) is 0 Å². The minimum absolute atomic E-state index is 0.415. The van der Waals surface area contributed by atoms with E-state index in [1.165, 1.54) is 43.4 Å². The van der Waals surface area contributed by atoms with Gasteiger partial charge in [0.1, 0.15) is 0 Å². The number of benzene rings is 1. The highest BCUT2D eigenvalue weighted by Gasteiger charge is 2.30. The van der Waals surface area contributed by atoms with Crippen molar-refractivity contribution in [1.29, 1.82) is 0 Å². The van der Waals surface area contributed by atoms with Crippen molar-refractivity contribution in [3.63, 3.8) is 0 Å². The minimum Gasteiger partial charge on any atom is -0.478 e. The van der Waals surface area contributed by atoms with Crippen molar-refractivity contribution in [2.75, 3.05) is 11.4 Å². The Hall–Kier alpha value is -1.51. The van der Waals surface area contributed by atoms with Gasteiger partial charge in [0.25, 0.3) is 0 Å². The summed E-state index contributed by atoms with van der Waals surface area (Å²) in [6.45, 7) is 3.34. The van der Waals surface area contributed by atoms with Crippen LogP contribution in [0.1, 0.15) is 54.9 Å². The summed E-state index contributed by atoms with van der Waals surface area (Å²) in [5.41, 5.74) is 2.90. The lowest BCUT2D eigenvalue weighted by Crippen LogP contribution is -2.37.